The molecule has 0 saturated carbocycles. The minimum absolute atomic E-state index is 0.0101. The highest BCUT2D eigenvalue weighted by molar-refractivity contribution is 5.47. The first-order chi connectivity index (χ1) is 7.15. The third-order valence-electron chi connectivity index (χ3n) is 2.10. The van der Waals surface area contributed by atoms with Crippen molar-refractivity contribution in [1.82, 2.24) is 0 Å². The fourth-order valence-electron chi connectivity index (χ4n) is 1.38. The zero-order chi connectivity index (χ0) is 11.4. The lowest BCUT2D eigenvalue weighted by atomic mass is 10.1. The molecule has 0 aromatic heterocycles. The third kappa shape index (κ3) is 2.19. The van der Waals surface area contributed by atoms with Crippen LogP contribution in [0.2, 0.25) is 0 Å². The molecule has 0 aliphatic heterocycles. The Hall–Kier alpha value is -1.33. The third-order valence-corrected chi connectivity index (χ3v) is 2.10. The van der Waals surface area contributed by atoms with Gasteiger partial charge in [0.25, 0.3) is 0 Å². The fourth-order valence-corrected chi connectivity index (χ4v) is 1.38. The number of nitrogens with two attached hydrogens (primary N) is 1. The number of rotatable bonds is 4. The first-order valence-electron chi connectivity index (χ1n) is 4.42. The fraction of sp³-hybridized carbons (Fsp3) is 0.400. The van der Waals surface area contributed by atoms with Crippen molar-refractivity contribution in [2.45, 2.75) is 6.04 Å². The Bertz CT molecular complexity index is 344. The van der Waals surface area contributed by atoms with Crippen LogP contribution in [0.5, 0.6) is 11.5 Å². The predicted octanol–water partition coefficient (Wildman–Crippen LogP) is 0.835. The van der Waals surface area contributed by atoms with Gasteiger partial charge in [-0.25, -0.2) is 4.39 Å². The molecule has 0 heterocycles. The first-order valence-corrected chi connectivity index (χ1v) is 4.42. The van der Waals surface area contributed by atoms with Gasteiger partial charge in [-0.2, -0.15) is 0 Å². The van der Waals surface area contributed by atoms with Crippen LogP contribution in [0.25, 0.3) is 0 Å². The van der Waals surface area contributed by atoms with Crippen molar-refractivity contribution in [2.75, 3.05) is 20.8 Å². The number of ether oxygens (including phenoxy) is 2. The number of benzene rings is 1. The number of hydrogen-bond donors (Lipinski definition) is 2. The van der Waals surface area contributed by atoms with Crippen LogP contribution >= 0.6 is 0 Å². The largest absolute Gasteiger partial charge is 0.496 e. The Morgan fingerprint density at radius 2 is 2.07 bits per heavy atom. The molecule has 0 fully saturated rings. The maximum Gasteiger partial charge on any atom is 0.165 e. The molecule has 1 rings (SSSR count). The summed E-state index contributed by atoms with van der Waals surface area (Å²) in [6, 6.07) is 1.94. The van der Waals surface area contributed by atoms with Crippen molar-refractivity contribution < 1.29 is 19.0 Å². The van der Waals surface area contributed by atoms with E-state index in [1.54, 1.807) is 0 Å². The van der Waals surface area contributed by atoms with Crippen LogP contribution in [0.15, 0.2) is 12.1 Å². The quantitative estimate of drug-likeness (QED) is 0.781. The Balaban J connectivity index is 3.33. The topological polar surface area (TPSA) is 64.7 Å². The second kappa shape index (κ2) is 4.95. The smallest absolute Gasteiger partial charge is 0.165 e. The zero-order valence-corrected chi connectivity index (χ0v) is 8.66. The van der Waals surface area contributed by atoms with E-state index in [1.807, 2.05) is 0 Å². The van der Waals surface area contributed by atoms with E-state index in [-0.39, 0.29) is 12.4 Å². The van der Waals surface area contributed by atoms with Crippen molar-refractivity contribution in [3.05, 3.63) is 23.5 Å². The Morgan fingerprint density at radius 1 is 1.40 bits per heavy atom. The summed E-state index contributed by atoms with van der Waals surface area (Å²) in [6.45, 7) is -0.309. The van der Waals surface area contributed by atoms with Crippen LogP contribution in [0.1, 0.15) is 11.6 Å². The molecule has 15 heavy (non-hydrogen) atoms. The molecular weight excluding hydrogens is 201 g/mol. The average Bonchev–Trinajstić information content (AvgIpc) is 2.27. The minimum atomic E-state index is -0.731. The molecule has 0 aliphatic rings. The van der Waals surface area contributed by atoms with E-state index >= 15 is 0 Å². The standard InChI is InChI=1S/C10H14FNO3/c1-14-8-4-3-6(11)10(15-2)9(8)7(12)5-13/h3-4,7,13H,5,12H2,1-2H3/t7-/m0/s1. The van der Waals surface area contributed by atoms with Gasteiger partial charge in [0, 0.05) is 0 Å². The molecule has 1 atom stereocenters. The summed E-state index contributed by atoms with van der Waals surface area (Å²) in [5, 5.41) is 8.96. The number of hydrogen-bond acceptors (Lipinski definition) is 4. The van der Waals surface area contributed by atoms with Gasteiger partial charge < -0.3 is 20.3 Å². The first kappa shape index (κ1) is 11.7. The van der Waals surface area contributed by atoms with Crippen molar-refractivity contribution in [1.29, 1.82) is 0 Å². The van der Waals surface area contributed by atoms with E-state index in [0.717, 1.165) is 0 Å². The summed E-state index contributed by atoms with van der Waals surface area (Å²) in [5.41, 5.74) is 5.97. The summed E-state index contributed by atoms with van der Waals surface area (Å²) in [7, 11) is 2.78. The molecule has 5 heteroatoms. The monoisotopic (exact) mass is 215 g/mol. The molecule has 84 valence electrons. The molecule has 0 unspecified atom stereocenters. The number of aliphatic hydroxyl groups is 1. The van der Waals surface area contributed by atoms with Crippen LogP contribution in [0.3, 0.4) is 0 Å². The SMILES string of the molecule is COc1ccc(F)c(OC)c1[C@@H](N)CO. The van der Waals surface area contributed by atoms with Gasteiger partial charge in [-0.15, -0.1) is 0 Å². The molecule has 0 spiro atoms. The normalized spacial score (nSPS) is 12.3. The van der Waals surface area contributed by atoms with Crippen LogP contribution in [0, 0.1) is 5.82 Å². The maximum atomic E-state index is 13.3. The van der Waals surface area contributed by atoms with E-state index in [4.69, 9.17) is 20.3 Å². The van der Waals surface area contributed by atoms with E-state index in [2.05, 4.69) is 0 Å². The van der Waals surface area contributed by atoms with Crippen LogP contribution in [-0.4, -0.2) is 25.9 Å². The molecule has 4 nitrogen and oxygen atoms in total. The van der Waals surface area contributed by atoms with Crippen molar-refractivity contribution in [3.8, 4) is 11.5 Å². The summed E-state index contributed by atoms with van der Waals surface area (Å²) in [6.07, 6.45) is 0. The second-order valence-electron chi connectivity index (χ2n) is 2.99. The molecule has 3 N–H and O–H groups in total. The summed E-state index contributed by atoms with van der Waals surface area (Å²) < 4.78 is 23.3. The zero-order valence-electron chi connectivity index (χ0n) is 8.66. The number of methoxy groups -OCH3 is 2. The lowest BCUT2D eigenvalue weighted by Crippen LogP contribution is -2.17. The van der Waals surface area contributed by atoms with Gasteiger partial charge in [0.15, 0.2) is 11.6 Å². The van der Waals surface area contributed by atoms with Gasteiger partial charge in [-0.05, 0) is 12.1 Å². The van der Waals surface area contributed by atoms with Gasteiger partial charge in [-0.1, -0.05) is 0 Å². The molecule has 1 aromatic rings. The number of aliphatic hydroxyl groups excluding tert-OH is 1. The van der Waals surface area contributed by atoms with Crippen LogP contribution in [0.4, 0.5) is 4.39 Å². The lowest BCUT2D eigenvalue weighted by Gasteiger charge is -2.17. The van der Waals surface area contributed by atoms with E-state index in [0.29, 0.717) is 11.3 Å². The highest BCUT2D eigenvalue weighted by Gasteiger charge is 2.20. The van der Waals surface area contributed by atoms with E-state index in [9.17, 15) is 4.39 Å². The second-order valence-corrected chi connectivity index (χ2v) is 2.99. The molecule has 0 saturated heterocycles. The Labute approximate surface area is 87.4 Å². The molecule has 1 aromatic carbocycles. The molecular formula is C10H14FNO3. The lowest BCUT2D eigenvalue weighted by molar-refractivity contribution is 0.259. The summed E-state index contributed by atoms with van der Waals surface area (Å²) >= 11 is 0. The summed E-state index contributed by atoms with van der Waals surface area (Å²) in [5.74, 6) is -0.122. The summed E-state index contributed by atoms with van der Waals surface area (Å²) in [4.78, 5) is 0. The minimum Gasteiger partial charge on any atom is -0.496 e. The Morgan fingerprint density at radius 3 is 2.53 bits per heavy atom. The maximum absolute atomic E-state index is 13.3. The van der Waals surface area contributed by atoms with Crippen molar-refractivity contribution >= 4 is 0 Å². The molecule has 0 amide bonds. The van der Waals surface area contributed by atoms with Crippen molar-refractivity contribution in [2.24, 2.45) is 5.73 Å². The van der Waals surface area contributed by atoms with Crippen molar-refractivity contribution in [3.63, 3.8) is 0 Å². The van der Waals surface area contributed by atoms with E-state index in [1.165, 1.54) is 26.4 Å². The van der Waals surface area contributed by atoms with Gasteiger partial charge in [0.2, 0.25) is 0 Å². The molecule has 0 radical (unpaired) electrons. The number of halogens is 1. The van der Waals surface area contributed by atoms with Gasteiger partial charge >= 0.3 is 0 Å². The highest BCUT2D eigenvalue weighted by Crippen LogP contribution is 2.34. The Kier molecular flexibility index (Phi) is 3.88. The molecule has 0 aliphatic carbocycles. The van der Waals surface area contributed by atoms with Gasteiger partial charge in [0.1, 0.15) is 5.75 Å². The van der Waals surface area contributed by atoms with Crippen LogP contribution in [-0.2, 0) is 0 Å². The van der Waals surface area contributed by atoms with Gasteiger partial charge in [-0.3, -0.25) is 0 Å². The predicted molar refractivity (Wildman–Crippen MR) is 53.5 cm³/mol. The van der Waals surface area contributed by atoms with Gasteiger partial charge in [0.05, 0.1) is 32.4 Å². The average molecular weight is 215 g/mol. The molecule has 0 bridgehead atoms. The van der Waals surface area contributed by atoms with Crippen LogP contribution < -0.4 is 15.2 Å². The van der Waals surface area contributed by atoms with E-state index < -0.39 is 11.9 Å². The highest BCUT2D eigenvalue weighted by atomic mass is 19.1.